The van der Waals surface area contributed by atoms with Gasteiger partial charge in [0.15, 0.2) is 0 Å². The smallest absolute Gasteiger partial charge is 0.407 e. The number of unbranched alkanes of at least 4 members (excludes halogenated alkanes) is 1. The van der Waals surface area contributed by atoms with Gasteiger partial charge in [-0.3, -0.25) is 13.9 Å². The number of alkyl carbamates (subject to hydrolysis) is 1. The van der Waals surface area contributed by atoms with Crippen LogP contribution in [0, 0.1) is 0 Å². The van der Waals surface area contributed by atoms with Crippen LogP contribution in [0.1, 0.15) is 48.8 Å². The minimum absolute atomic E-state index is 0.0320. The van der Waals surface area contributed by atoms with Crippen molar-refractivity contribution < 1.29 is 37.8 Å². The van der Waals surface area contributed by atoms with Crippen molar-refractivity contribution in [2.75, 3.05) is 19.3 Å². The summed E-state index contributed by atoms with van der Waals surface area (Å²) < 4.78 is 31.6. The summed E-state index contributed by atoms with van der Waals surface area (Å²) in [5, 5.41) is 12.4. The van der Waals surface area contributed by atoms with Gasteiger partial charge in [-0.05, 0) is 55.2 Å². The van der Waals surface area contributed by atoms with E-state index in [1.54, 1.807) is 0 Å². The Hall–Kier alpha value is -3.98. The van der Waals surface area contributed by atoms with Crippen molar-refractivity contribution in [1.82, 2.24) is 10.2 Å². The maximum atomic E-state index is 14.3. The highest BCUT2D eigenvalue weighted by Crippen LogP contribution is 2.51. The van der Waals surface area contributed by atoms with E-state index in [9.17, 15) is 24.1 Å². The maximum absolute atomic E-state index is 14.3. The first-order valence-electron chi connectivity index (χ1n) is 15.3. The molecule has 0 saturated carbocycles. The molecule has 1 fully saturated rings. The van der Waals surface area contributed by atoms with E-state index in [2.05, 4.69) is 5.32 Å². The molecule has 45 heavy (non-hydrogen) atoms. The number of hydrogen-bond acceptors (Lipinski definition) is 7. The van der Waals surface area contributed by atoms with E-state index in [0.29, 0.717) is 38.6 Å². The molecular formula is C34H41N2O8P. The topological polar surface area (TPSA) is 131 Å². The zero-order valence-corrected chi connectivity index (χ0v) is 26.2. The summed E-state index contributed by atoms with van der Waals surface area (Å²) in [6, 6.07) is 27.2. The fourth-order valence-electron chi connectivity index (χ4n) is 5.11. The van der Waals surface area contributed by atoms with Gasteiger partial charge in [-0.25, -0.2) is 9.59 Å². The molecule has 1 aliphatic heterocycles. The van der Waals surface area contributed by atoms with E-state index >= 15 is 0 Å². The molecule has 3 aromatic carbocycles. The molecule has 1 unspecified atom stereocenters. The molecule has 11 heteroatoms. The van der Waals surface area contributed by atoms with Gasteiger partial charge in [-0.1, -0.05) is 91.0 Å². The van der Waals surface area contributed by atoms with Gasteiger partial charge in [0, 0.05) is 13.1 Å². The minimum Gasteiger partial charge on any atom is -0.480 e. The number of carbonyl (C=O) groups excluding carboxylic acids is 2. The van der Waals surface area contributed by atoms with Crippen molar-refractivity contribution in [2.45, 2.75) is 63.9 Å². The Morgan fingerprint density at radius 1 is 0.867 bits per heavy atom. The molecular weight excluding hydrogens is 595 g/mol. The summed E-state index contributed by atoms with van der Waals surface area (Å²) >= 11 is 0. The van der Waals surface area contributed by atoms with Crippen LogP contribution in [0.3, 0.4) is 0 Å². The molecule has 0 bridgehead atoms. The second-order valence-electron chi connectivity index (χ2n) is 10.9. The lowest BCUT2D eigenvalue weighted by molar-refractivity contribution is -0.151. The van der Waals surface area contributed by atoms with Crippen LogP contribution in [0.25, 0.3) is 0 Å². The Balaban J connectivity index is 1.41. The van der Waals surface area contributed by atoms with Crippen molar-refractivity contribution in [1.29, 1.82) is 0 Å². The monoisotopic (exact) mass is 636 g/mol. The number of carboxylic acid groups (broad SMARTS) is 1. The van der Waals surface area contributed by atoms with E-state index in [-0.39, 0.29) is 32.3 Å². The zero-order valence-electron chi connectivity index (χ0n) is 25.3. The molecule has 0 radical (unpaired) electrons. The lowest BCUT2D eigenvalue weighted by Crippen LogP contribution is -2.46. The number of ether oxygens (including phenoxy) is 1. The molecule has 2 amide bonds. The summed E-state index contributed by atoms with van der Waals surface area (Å²) in [5.74, 6) is -1.59. The first-order valence-corrected chi connectivity index (χ1v) is 17.0. The highest BCUT2D eigenvalue weighted by molar-refractivity contribution is 7.53. The Morgan fingerprint density at radius 2 is 1.47 bits per heavy atom. The molecule has 2 N–H and O–H groups in total. The third-order valence-corrected chi connectivity index (χ3v) is 9.42. The molecule has 240 valence electrons. The average molecular weight is 637 g/mol. The van der Waals surface area contributed by atoms with Gasteiger partial charge in [-0.2, -0.15) is 0 Å². The van der Waals surface area contributed by atoms with Crippen LogP contribution in [0.5, 0.6) is 0 Å². The summed E-state index contributed by atoms with van der Waals surface area (Å²) in [6.07, 6.45) is 0.741. The van der Waals surface area contributed by atoms with Gasteiger partial charge < -0.3 is 24.6 Å². The summed E-state index contributed by atoms with van der Waals surface area (Å²) in [4.78, 5) is 39.1. The van der Waals surface area contributed by atoms with Gasteiger partial charge in [0.1, 0.15) is 18.8 Å². The number of amides is 2. The second kappa shape index (κ2) is 17.5. The van der Waals surface area contributed by atoms with Gasteiger partial charge in [0.25, 0.3) is 5.91 Å². The Kier molecular flexibility index (Phi) is 13.2. The van der Waals surface area contributed by atoms with Crippen LogP contribution in [-0.2, 0) is 47.6 Å². The van der Waals surface area contributed by atoms with E-state index in [4.69, 9.17) is 13.8 Å². The van der Waals surface area contributed by atoms with Gasteiger partial charge in [-0.15, -0.1) is 0 Å². The number of rotatable bonds is 17. The number of carbonyl (C=O) groups is 3. The predicted molar refractivity (Wildman–Crippen MR) is 170 cm³/mol. The van der Waals surface area contributed by atoms with E-state index in [1.165, 1.54) is 4.90 Å². The van der Waals surface area contributed by atoms with Gasteiger partial charge in [0.05, 0.1) is 12.8 Å². The fraction of sp³-hybridized carbons (Fsp3) is 0.382. The number of carboxylic acids is 1. The molecule has 10 nitrogen and oxygen atoms in total. The first-order chi connectivity index (χ1) is 21.8. The largest absolute Gasteiger partial charge is 0.480 e. The Morgan fingerprint density at radius 3 is 2.09 bits per heavy atom. The number of aryl methyl sites for hydroxylation is 1. The molecule has 0 aromatic heterocycles. The van der Waals surface area contributed by atoms with Crippen LogP contribution in [0.15, 0.2) is 91.0 Å². The molecule has 1 heterocycles. The zero-order chi connectivity index (χ0) is 31.9. The molecule has 3 aromatic rings. The second-order valence-corrected chi connectivity index (χ2v) is 13.1. The molecule has 4 rings (SSSR count). The lowest BCUT2D eigenvalue weighted by Gasteiger charge is -2.29. The third kappa shape index (κ3) is 11.2. The van der Waals surface area contributed by atoms with Crippen molar-refractivity contribution in [3.05, 3.63) is 108 Å². The highest BCUT2D eigenvalue weighted by atomic mass is 31.2. The van der Waals surface area contributed by atoms with Crippen LogP contribution in [-0.4, -0.2) is 59.4 Å². The summed E-state index contributed by atoms with van der Waals surface area (Å²) in [6.45, 7) is 0.763. The number of likely N-dealkylation sites (tertiary alicyclic amines) is 1. The third-order valence-electron chi connectivity index (χ3n) is 7.55. The summed E-state index contributed by atoms with van der Waals surface area (Å²) in [5.41, 5.74) is 2.63. The standard InChI is InChI=1S/C34H41N2O8P/c37-32(36-23-12-19-30(36)33(38)39)31(20-10-11-22-35-34(40)42-25-28-15-6-2-7-16-28)44-45(41,24-21-27-13-4-1-5-14-27)43-26-29-17-8-3-9-18-29/h1-9,13-18,30-31H,10-12,19-26H2,(H,35,40)(H,38,39)/t30-,31-,45?/m0/s1. The minimum atomic E-state index is -3.84. The number of nitrogens with one attached hydrogen (secondary N) is 1. The van der Waals surface area contributed by atoms with Crippen LogP contribution in [0.2, 0.25) is 0 Å². The van der Waals surface area contributed by atoms with Crippen LogP contribution in [0.4, 0.5) is 4.79 Å². The molecule has 0 spiro atoms. The molecule has 1 aliphatic rings. The van der Waals surface area contributed by atoms with Crippen LogP contribution >= 0.6 is 7.60 Å². The number of aliphatic carboxylic acids is 1. The first kappa shape index (κ1) is 33.9. The molecule has 3 atom stereocenters. The van der Waals surface area contributed by atoms with E-state index in [0.717, 1.165) is 16.7 Å². The Bertz CT molecular complexity index is 1360. The Labute approximate surface area is 264 Å². The number of nitrogens with zero attached hydrogens (tertiary/aromatic N) is 1. The number of benzene rings is 3. The molecule has 0 aliphatic carbocycles. The quantitative estimate of drug-likeness (QED) is 0.132. The normalized spacial score (nSPS) is 16.4. The average Bonchev–Trinajstić information content (AvgIpc) is 3.57. The molecule has 1 saturated heterocycles. The van der Waals surface area contributed by atoms with E-state index in [1.807, 2.05) is 91.0 Å². The van der Waals surface area contributed by atoms with Gasteiger partial charge in [0.2, 0.25) is 0 Å². The van der Waals surface area contributed by atoms with Crippen molar-refractivity contribution in [2.24, 2.45) is 0 Å². The fourth-order valence-corrected chi connectivity index (χ4v) is 6.87. The van der Waals surface area contributed by atoms with Crippen molar-refractivity contribution in [3.8, 4) is 0 Å². The number of hydrogen-bond donors (Lipinski definition) is 2. The van der Waals surface area contributed by atoms with Crippen LogP contribution < -0.4 is 5.32 Å². The summed E-state index contributed by atoms with van der Waals surface area (Å²) in [7, 11) is -3.84. The van der Waals surface area contributed by atoms with Crippen molar-refractivity contribution >= 4 is 25.6 Å². The van der Waals surface area contributed by atoms with Gasteiger partial charge >= 0.3 is 19.7 Å². The highest BCUT2D eigenvalue weighted by Gasteiger charge is 2.40. The SMILES string of the molecule is O=C(NCCCC[C@H](OP(=O)(CCc1ccccc1)OCc1ccccc1)C(=O)N1CCC[C@H]1C(=O)O)OCc1ccccc1. The maximum Gasteiger partial charge on any atom is 0.407 e. The van der Waals surface area contributed by atoms with E-state index < -0.39 is 37.7 Å². The van der Waals surface area contributed by atoms with Crippen molar-refractivity contribution in [3.63, 3.8) is 0 Å². The lowest BCUT2D eigenvalue weighted by atomic mass is 10.1. The predicted octanol–water partition coefficient (Wildman–Crippen LogP) is 6.20.